The molecule has 5 nitrogen and oxygen atoms in total. The average molecular weight is 372 g/mol. The number of alkyl halides is 2. The summed E-state index contributed by atoms with van der Waals surface area (Å²) >= 11 is 3.30. The zero-order chi connectivity index (χ0) is 15.3. The maximum atomic E-state index is 13.9. The molecule has 0 bridgehead atoms. The Balaban J connectivity index is 1.70. The summed E-state index contributed by atoms with van der Waals surface area (Å²) in [5, 5.41) is 12.4. The van der Waals surface area contributed by atoms with E-state index in [4.69, 9.17) is 0 Å². The van der Waals surface area contributed by atoms with Crippen LogP contribution in [0.4, 0.5) is 14.6 Å². The summed E-state index contributed by atoms with van der Waals surface area (Å²) < 4.78 is 29.8. The van der Waals surface area contributed by atoms with Crippen molar-refractivity contribution in [3.63, 3.8) is 0 Å². The molecule has 8 heteroatoms. The first-order valence-electron chi connectivity index (χ1n) is 7.56. The van der Waals surface area contributed by atoms with E-state index in [1.165, 1.54) is 0 Å². The summed E-state index contributed by atoms with van der Waals surface area (Å²) in [5.41, 5.74) is 0.637. The number of nitrogens with zero attached hydrogens (tertiary/aromatic N) is 5. The molecular formula is C14H16BrF2N5. The Hall–Kier alpha value is -1.31. The van der Waals surface area contributed by atoms with Gasteiger partial charge in [-0.1, -0.05) is 0 Å². The largest absolute Gasteiger partial charge is 0.352 e. The van der Waals surface area contributed by atoms with Crippen molar-refractivity contribution in [3.8, 4) is 0 Å². The quantitative estimate of drug-likeness (QED) is 0.771. The third-order valence-electron chi connectivity index (χ3n) is 4.81. The third kappa shape index (κ3) is 2.37. The van der Waals surface area contributed by atoms with Gasteiger partial charge in [0, 0.05) is 25.4 Å². The molecule has 4 rings (SSSR count). The first-order valence-corrected chi connectivity index (χ1v) is 8.35. The summed E-state index contributed by atoms with van der Waals surface area (Å²) in [6.07, 6.45) is 2.62. The number of anilines is 1. The molecule has 0 radical (unpaired) electrons. The fourth-order valence-corrected chi connectivity index (χ4v) is 4.09. The Morgan fingerprint density at radius 3 is 2.95 bits per heavy atom. The first-order chi connectivity index (χ1) is 10.5. The number of fused-ring (bicyclic) bond motifs is 2. The van der Waals surface area contributed by atoms with Gasteiger partial charge in [-0.25, -0.2) is 8.78 Å². The van der Waals surface area contributed by atoms with Crippen LogP contribution in [-0.2, 0) is 0 Å². The molecule has 3 heterocycles. The highest BCUT2D eigenvalue weighted by Gasteiger charge is 2.45. The molecule has 1 saturated carbocycles. The highest BCUT2D eigenvalue weighted by Crippen LogP contribution is 2.43. The second kappa shape index (κ2) is 5.11. The predicted molar refractivity (Wildman–Crippen MR) is 81.1 cm³/mol. The second-order valence-electron chi connectivity index (χ2n) is 6.19. The van der Waals surface area contributed by atoms with Crippen LogP contribution in [0, 0.1) is 5.92 Å². The van der Waals surface area contributed by atoms with E-state index in [-0.39, 0.29) is 18.9 Å². The third-order valence-corrected chi connectivity index (χ3v) is 5.31. The number of halogens is 3. The lowest BCUT2D eigenvalue weighted by Gasteiger charge is -2.46. The van der Waals surface area contributed by atoms with Gasteiger partial charge < -0.3 is 4.90 Å². The van der Waals surface area contributed by atoms with Crippen molar-refractivity contribution < 1.29 is 8.78 Å². The molecule has 2 atom stereocenters. The Labute approximate surface area is 134 Å². The number of aromatic nitrogens is 4. The summed E-state index contributed by atoms with van der Waals surface area (Å²) in [6, 6.07) is 3.55. The molecule has 1 aliphatic carbocycles. The molecule has 1 saturated heterocycles. The summed E-state index contributed by atoms with van der Waals surface area (Å²) in [7, 11) is 0. The van der Waals surface area contributed by atoms with Gasteiger partial charge in [0.1, 0.15) is 5.82 Å². The van der Waals surface area contributed by atoms with Crippen molar-refractivity contribution >= 4 is 27.4 Å². The van der Waals surface area contributed by atoms with E-state index in [0.29, 0.717) is 22.7 Å². The number of hydrogen-bond acceptors (Lipinski definition) is 4. The van der Waals surface area contributed by atoms with Gasteiger partial charge in [-0.3, -0.25) is 0 Å². The monoisotopic (exact) mass is 371 g/mol. The SMILES string of the molecule is FC1(F)CCC2CCCN(c3ccc4nnc(Br)n4n3)C2C1. The Morgan fingerprint density at radius 1 is 1.23 bits per heavy atom. The van der Waals surface area contributed by atoms with Crippen molar-refractivity contribution in [1.29, 1.82) is 0 Å². The lowest BCUT2D eigenvalue weighted by atomic mass is 9.76. The van der Waals surface area contributed by atoms with Crippen LogP contribution < -0.4 is 4.90 Å². The molecular weight excluding hydrogens is 356 g/mol. The van der Waals surface area contributed by atoms with Gasteiger partial charge in [0.2, 0.25) is 10.7 Å². The van der Waals surface area contributed by atoms with E-state index in [9.17, 15) is 8.78 Å². The molecule has 1 aliphatic heterocycles. The Morgan fingerprint density at radius 2 is 2.09 bits per heavy atom. The maximum Gasteiger partial charge on any atom is 0.250 e. The van der Waals surface area contributed by atoms with Crippen molar-refractivity contribution in [2.45, 2.75) is 44.1 Å². The average Bonchev–Trinajstić information content (AvgIpc) is 2.87. The van der Waals surface area contributed by atoms with Crippen LogP contribution in [0.1, 0.15) is 32.1 Å². The molecule has 118 valence electrons. The van der Waals surface area contributed by atoms with Gasteiger partial charge in [0.25, 0.3) is 0 Å². The van der Waals surface area contributed by atoms with E-state index in [1.54, 1.807) is 4.52 Å². The lowest BCUT2D eigenvalue weighted by molar-refractivity contribution is -0.0583. The molecule has 0 N–H and O–H groups in total. The fraction of sp³-hybridized carbons (Fsp3) is 0.643. The van der Waals surface area contributed by atoms with E-state index >= 15 is 0 Å². The van der Waals surface area contributed by atoms with Crippen LogP contribution in [0.5, 0.6) is 0 Å². The summed E-state index contributed by atoms with van der Waals surface area (Å²) in [5.74, 6) is -1.49. The standard InChI is InChI=1S/C14H16BrF2N5/c15-13-19-18-11-3-4-12(20-22(11)13)21-7-1-2-9-5-6-14(16,17)8-10(9)21/h3-4,9-10H,1-2,5-8H2. The highest BCUT2D eigenvalue weighted by atomic mass is 79.9. The van der Waals surface area contributed by atoms with Crippen molar-refractivity contribution in [2.24, 2.45) is 5.92 Å². The maximum absolute atomic E-state index is 13.9. The number of rotatable bonds is 1. The minimum atomic E-state index is -2.56. The van der Waals surface area contributed by atoms with Gasteiger partial charge in [-0.2, -0.15) is 4.52 Å². The molecule has 0 aromatic carbocycles. The van der Waals surface area contributed by atoms with E-state index < -0.39 is 5.92 Å². The van der Waals surface area contributed by atoms with Crippen LogP contribution in [-0.4, -0.2) is 38.3 Å². The van der Waals surface area contributed by atoms with E-state index in [1.807, 2.05) is 17.0 Å². The van der Waals surface area contributed by atoms with Crippen LogP contribution in [0.25, 0.3) is 5.65 Å². The number of hydrogen-bond donors (Lipinski definition) is 0. The fourth-order valence-electron chi connectivity index (χ4n) is 3.75. The van der Waals surface area contributed by atoms with Gasteiger partial charge in [0.05, 0.1) is 0 Å². The van der Waals surface area contributed by atoms with Gasteiger partial charge >= 0.3 is 0 Å². The van der Waals surface area contributed by atoms with Crippen molar-refractivity contribution in [2.75, 3.05) is 11.4 Å². The van der Waals surface area contributed by atoms with Crippen molar-refractivity contribution in [3.05, 3.63) is 16.9 Å². The minimum Gasteiger partial charge on any atom is -0.352 e. The lowest BCUT2D eigenvalue weighted by Crippen LogP contribution is -2.51. The zero-order valence-corrected chi connectivity index (χ0v) is 13.5. The van der Waals surface area contributed by atoms with Crippen LogP contribution >= 0.6 is 15.9 Å². The van der Waals surface area contributed by atoms with Gasteiger partial charge in [-0.05, 0) is 53.2 Å². The highest BCUT2D eigenvalue weighted by molar-refractivity contribution is 9.10. The molecule has 2 aromatic heterocycles. The molecule has 0 spiro atoms. The predicted octanol–water partition coefficient (Wildman–Crippen LogP) is 3.29. The van der Waals surface area contributed by atoms with E-state index in [0.717, 1.165) is 25.2 Å². The molecule has 2 unspecified atom stereocenters. The van der Waals surface area contributed by atoms with Crippen LogP contribution in [0.2, 0.25) is 0 Å². The Bertz CT molecular complexity index is 704. The summed E-state index contributed by atoms with van der Waals surface area (Å²) in [4.78, 5) is 2.05. The van der Waals surface area contributed by atoms with Crippen molar-refractivity contribution in [1.82, 2.24) is 19.8 Å². The second-order valence-corrected chi connectivity index (χ2v) is 6.90. The molecule has 2 aromatic rings. The smallest absolute Gasteiger partial charge is 0.250 e. The van der Waals surface area contributed by atoms with Crippen LogP contribution in [0.15, 0.2) is 16.9 Å². The minimum absolute atomic E-state index is 0.0193. The van der Waals surface area contributed by atoms with E-state index in [2.05, 4.69) is 31.2 Å². The molecule has 0 amide bonds. The molecule has 2 aliphatic rings. The number of piperidine rings is 1. The Kier molecular flexibility index (Phi) is 3.32. The van der Waals surface area contributed by atoms with Gasteiger partial charge in [0.15, 0.2) is 5.65 Å². The zero-order valence-electron chi connectivity index (χ0n) is 11.9. The van der Waals surface area contributed by atoms with Gasteiger partial charge in [-0.15, -0.1) is 15.3 Å². The van der Waals surface area contributed by atoms with Crippen LogP contribution in [0.3, 0.4) is 0 Å². The topological polar surface area (TPSA) is 46.3 Å². The summed E-state index contributed by atoms with van der Waals surface area (Å²) in [6.45, 7) is 0.773. The normalized spacial score (nSPS) is 27.9. The molecule has 22 heavy (non-hydrogen) atoms. The molecule has 2 fully saturated rings. The first kappa shape index (κ1) is 14.3.